The summed E-state index contributed by atoms with van der Waals surface area (Å²) in [4.78, 5) is 0. The van der Waals surface area contributed by atoms with Gasteiger partial charge in [0.2, 0.25) is 0 Å². The topological polar surface area (TPSA) is 47.7 Å². The average molecular weight is 275 g/mol. The van der Waals surface area contributed by atoms with Gasteiger partial charge in [0.15, 0.2) is 0 Å². The van der Waals surface area contributed by atoms with Crippen molar-refractivity contribution in [2.45, 2.75) is 47.2 Å². The van der Waals surface area contributed by atoms with Crippen LogP contribution in [0.3, 0.4) is 0 Å². The van der Waals surface area contributed by atoms with E-state index in [-0.39, 0.29) is 0 Å². The summed E-state index contributed by atoms with van der Waals surface area (Å²) in [6, 6.07) is 0.364. The third-order valence-corrected chi connectivity index (χ3v) is 3.52. The summed E-state index contributed by atoms with van der Waals surface area (Å²) < 4.78 is 3.96. The Morgan fingerprint density at radius 2 is 1.95 bits per heavy atom. The number of nitrogens with zero attached hydrogens (tertiary/aromatic N) is 4. The molecule has 0 amide bonds. The fourth-order valence-electron chi connectivity index (χ4n) is 2.65. The Bertz CT molecular complexity index is 592. The lowest BCUT2D eigenvalue weighted by atomic mass is 10.1. The number of aromatic nitrogens is 4. The van der Waals surface area contributed by atoms with Crippen molar-refractivity contribution in [1.82, 2.24) is 24.9 Å². The molecule has 0 aliphatic rings. The first kappa shape index (κ1) is 14.8. The maximum Gasteiger partial charge on any atom is 0.100 e. The number of hydrogen-bond acceptors (Lipinski definition) is 3. The molecular weight excluding hydrogens is 250 g/mol. The van der Waals surface area contributed by atoms with Crippen molar-refractivity contribution < 1.29 is 0 Å². The first-order valence-electron chi connectivity index (χ1n) is 7.25. The molecule has 20 heavy (non-hydrogen) atoms. The van der Waals surface area contributed by atoms with Crippen LogP contribution in [0.2, 0.25) is 0 Å². The summed E-state index contributed by atoms with van der Waals surface area (Å²) >= 11 is 0. The van der Waals surface area contributed by atoms with Crippen molar-refractivity contribution >= 4 is 0 Å². The molecule has 0 saturated heterocycles. The van der Waals surface area contributed by atoms with Gasteiger partial charge in [-0.25, -0.2) is 0 Å². The normalized spacial score (nSPS) is 11.6. The largest absolute Gasteiger partial charge is 0.313 e. The summed E-state index contributed by atoms with van der Waals surface area (Å²) in [6.07, 6.45) is 2.09. The molecule has 110 valence electrons. The van der Waals surface area contributed by atoms with Crippen LogP contribution >= 0.6 is 0 Å². The molecule has 0 aromatic carbocycles. The monoisotopic (exact) mass is 275 g/mol. The molecule has 0 unspecified atom stereocenters. The highest BCUT2D eigenvalue weighted by Gasteiger charge is 2.20. The van der Waals surface area contributed by atoms with Crippen LogP contribution in [-0.2, 0) is 13.6 Å². The molecule has 0 aliphatic carbocycles. The summed E-state index contributed by atoms with van der Waals surface area (Å²) in [5, 5.41) is 12.7. The molecule has 0 aliphatic heterocycles. The van der Waals surface area contributed by atoms with Gasteiger partial charge in [-0.2, -0.15) is 10.2 Å². The lowest BCUT2D eigenvalue weighted by Crippen LogP contribution is -2.12. The van der Waals surface area contributed by atoms with Crippen LogP contribution in [0.4, 0.5) is 0 Å². The average Bonchev–Trinajstić information content (AvgIpc) is 2.87. The third kappa shape index (κ3) is 2.63. The highest BCUT2D eigenvalue weighted by molar-refractivity contribution is 5.67. The van der Waals surface area contributed by atoms with Gasteiger partial charge in [-0.05, 0) is 34.2 Å². The van der Waals surface area contributed by atoms with E-state index in [1.54, 1.807) is 0 Å². The summed E-state index contributed by atoms with van der Waals surface area (Å²) in [5.74, 6) is 0. The van der Waals surface area contributed by atoms with Crippen molar-refractivity contribution in [3.63, 3.8) is 0 Å². The molecule has 2 aromatic rings. The maximum absolute atomic E-state index is 4.66. The minimum Gasteiger partial charge on any atom is -0.313 e. The van der Waals surface area contributed by atoms with Gasteiger partial charge in [-0.3, -0.25) is 9.36 Å². The number of nitrogens with one attached hydrogen (secondary N) is 1. The van der Waals surface area contributed by atoms with Crippen LogP contribution in [0.1, 0.15) is 43.8 Å². The van der Waals surface area contributed by atoms with E-state index >= 15 is 0 Å². The molecule has 1 N–H and O–H groups in total. The quantitative estimate of drug-likeness (QED) is 0.912. The van der Waals surface area contributed by atoms with E-state index < -0.39 is 0 Å². The molecule has 0 atom stereocenters. The summed E-state index contributed by atoms with van der Waals surface area (Å²) in [5.41, 5.74) is 5.69. The molecule has 2 heterocycles. The van der Waals surface area contributed by atoms with E-state index in [2.05, 4.69) is 61.0 Å². The van der Waals surface area contributed by atoms with Crippen molar-refractivity contribution in [3.05, 3.63) is 23.1 Å². The Morgan fingerprint density at radius 3 is 2.50 bits per heavy atom. The molecule has 0 saturated carbocycles. The van der Waals surface area contributed by atoms with Crippen molar-refractivity contribution in [1.29, 1.82) is 0 Å². The minimum absolute atomic E-state index is 0.364. The molecule has 2 aromatic heterocycles. The fraction of sp³-hybridized carbons (Fsp3) is 0.600. The van der Waals surface area contributed by atoms with Gasteiger partial charge < -0.3 is 5.32 Å². The van der Waals surface area contributed by atoms with E-state index in [1.165, 1.54) is 16.8 Å². The van der Waals surface area contributed by atoms with Crippen LogP contribution in [0.5, 0.6) is 0 Å². The van der Waals surface area contributed by atoms with E-state index in [0.29, 0.717) is 6.04 Å². The van der Waals surface area contributed by atoms with E-state index in [9.17, 15) is 0 Å². The molecule has 0 fully saturated rings. The first-order chi connectivity index (χ1) is 9.45. The van der Waals surface area contributed by atoms with Gasteiger partial charge in [0, 0.05) is 42.7 Å². The third-order valence-electron chi connectivity index (χ3n) is 3.52. The Balaban J connectivity index is 2.51. The van der Waals surface area contributed by atoms with Gasteiger partial charge in [0.1, 0.15) is 5.69 Å². The molecule has 5 heteroatoms. The smallest absolute Gasteiger partial charge is 0.100 e. The highest BCUT2D eigenvalue weighted by Crippen LogP contribution is 2.29. The minimum atomic E-state index is 0.364. The molecule has 2 rings (SSSR count). The zero-order valence-electron chi connectivity index (χ0n) is 13.4. The van der Waals surface area contributed by atoms with Crippen LogP contribution < -0.4 is 5.32 Å². The Hall–Kier alpha value is -1.62. The molecule has 0 bridgehead atoms. The maximum atomic E-state index is 4.66. The van der Waals surface area contributed by atoms with Crippen LogP contribution in [0.25, 0.3) is 11.3 Å². The second-order valence-electron chi connectivity index (χ2n) is 5.54. The van der Waals surface area contributed by atoms with Crippen molar-refractivity contribution in [3.8, 4) is 11.3 Å². The Labute approximate surface area is 121 Å². The second kappa shape index (κ2) is 5.79. The molecular formula is C15H25N5. The zero-order chi connectivity index (χ0) is 14.9. The predicted molar refractivity (Wildman–Crippen MR) is 81.7 cm³/mol. The van der Waals surface area contributed by atoms with Crippen LogP contribution in [0, 0.1) is 13.8 Å². The van der Waals surface area contributed by atoms with Gasteiger partial charge in [0.05, 0.1) is 5.69 Å². The van der Waals surface area contributed by atoms with Gasteiger partial charge >= 0.3 is 0 Å². The lowest BCUT2D eigenvalue weighted by Gasteiger charge is -2.08. The number of rotatable bonds is 5. The SMILES string of the molecule is CCNCc1cn(C)nc1-c1c(C)nn(C(C)C)c1C. The first-order valence-corrected chi connectivity index (χ1v) is 7.25. The molecule has 0 spiro atoms. The Morgan fingerprint density at radius 1 is 1.25 bits per heavy atom. The zero-order valence-corrected chi connectivity index (χ0v) is 13.4. The highest BCUT2D eigenvalue weighted by atomic mass is 15.3. The second-order valence-corrected chi connectivity index (χ2v) is 5.54. The predicted octanol–water partition coefficient (Wildman–Crippen LogP) is 2.59. The lowest BCUT2D eigenvalue weighted by molar-refractivity contribution is 0.516. The molecule has 5 nitrogen and oxygen atoms in total. The number of hydrogen-bond donors (Lipinski definition) is 1. The van der Waals surface area contributed by atoms with E-state index in [1.807, 2.05) is 11.7 Å². The fourth-order valence-corrected chi connectivity index (χ4v) is 2.65. The van der Waals surface area contributed by atoms with Gasteiger partial charge in [-0.1, -0.05) is 6.92 Å². The van der Waals surface area contributed by atoms with Crippen molar-refractivity contribution in [2.24, 2.45) is 7.05 Å². The molecule has 0 radical (unpaired) electrons. The Kier molecular flexibility index (Phi) is 4.28. The van der Waals surface area contributed by atoms with E-state index in [4.69, 9.17) is 0 Å². The summed E-state index contributed by atoms with van der Waals surface area (Å²) in [6.45, 7) is 12.4. The van der Waals surface area contributed by atoms with Crippen molar-refractivity contribution in [2.75, 3.05) is 6.54 Å². The number of aryl methyl sites for hydroxylation is 2. The van der Waals surface area contributed by atoms with Crippen LogP contribution in [0.15, 0.2) is 6.20 Å². The van der Waals surface area contributed by atoms with Crippen LogP contribution in [-0.4, -0.2) is 26.1 Å². The summed E-state index contributed by atoms with van der Waals surface area (Å²) in [7, 11) is 1.97. The van der Waals surface area contributed by atoms with Gasteiger partial charge in [0.25, 0.3) is 0 Å². The van der Waals surface area contributed by atoms with Gasteiger partial charge in [-0.15, -0.1) is 0 Å². The standard InChI is InChI=1S/C15H25N5/c1-7-16-8-13-9-19(6)18-15(13)14-11(4)17-20(10(2)3)12(14)5/h9-10,16H,7-8H2,1-6H3. The van der Waals surface area contributed by atoms with E-state index in [0.717, 1.165) is 24.5 Å².